The molecule has 0 heterocycles. The highest BCUT2D eigenvalue weighted by Gasteiger charge is 2.17. The highest BCUT2D eigenvalue weighted by molar-refractivity contribution is 5.76. The van der Waals surface area contributed by atoms with Crippen LogP contribution in [0.3, 0.4) is 0 Å². The van der Waals surface area contributed by atoms with Crippen LogP contribution in [0, 0.1) is 0 Å². The minimum absolute atomic E-state index is 0.00472. The molecule has 0 saturated heterocycles. The second-order valence-corrected chi connectivity index (χ2v) is 3.88. The first-order chi connectivity index (χ1) is 8.99. The quantitative estimate of drug-likeness (QED) is 0.641. The number of benzene rings is 1. The summed E-state index contributed by atoms with van der Waals surface area (Å²) in [6.45, 7) is -0.380. The van der Waals surface area contributed by atoms with E-state index in [0.717, 1.165) is 0 Å². The number of carbonyl (C=O) groups excluding carboxylic acids is 1. The van der Waals surface area contributed by atoms with Gasteiger partial charge in [0.2, 0.25) is 5.91 Å². The van der Waals surface area contributed by atoms with Crippen molar-refractivity contribution in [3.8, 4) is 5.75 Å². The topological polar surface area (TPSA) is 84.6 Å². The molecule has 0 aromatic heterocycles. The van der Waals surface area contributed by atoms with E-state index in [-0.39, 0.29) is 13.0 Å². The number of aliphatic hydroxyl groups excluding tert-OH is 1. The molecule has 0 saturated carbocycles. The van der Waals surface area contributed by atoms with Gasteiger partial charge in [-0.3, -0.25) is 4.79 Å². The molecule has 0 aliphatic rings. The highest BCUT2D eigenvalue weighted by atomic mass is 19.3. The van der Waals surface area contributed by atoms with Gasteiger partial charge >= 0.3 is 0 Å². The maximum Gasteiger partial charge on any atom is 0.265 e. The summed E-state index contributed by atoms with van der Waals surface area (Å²) in [4.78, 5) is 11.3. The summed E-state index contributed by atoms with van der Waals surface area (Å²) in [5.41, 5.74) is 6.08. The Hall–Kier alpha value is -1.89. The number of nitrogen functional groups attached to an aromatic ring is 1. The molecule has 1 atom stereocenters. The normalized spacial score (nSPS) is 12.2. The van der Waals surface area contributed by atoms with E-state index in [1.54, 1.807) is 24.3 Å². The van der Waals surface area contributed by atoms with Gasteiger partial charge in [-0.25, -0.2) is 8.78 Å². The standard InChI is InChI=1S/C12H16F2N2O3/c13-12(14)10(17)7-16-11(18)4-5-19-9-3-1-2-8(15)6-9/h1-3,6,10,12,17H,4-5,7,15H2,(H,16,18). The summed E-state index contributed by atoms with van der Waals surface area (Å²) in [5, 5.41) is 11.0. The molecule has 1 rings (SSSR count). The number of carbonyl (C=O) groups is 1. The Bertz CT molecular complexity index is 416. The molecule has 0 radical (unpaired) electrons. The van der Waals surface area contributed by atoms with Crippen molar-refractivity contribution in [2.24, 2.45) is 0 Å². The molecule has 4 N–H and O–H groups in total. The monoisotopic (exact) mass is 274 g/mol. The summed E-state index contributed by atoms with van der Waals surface area (Å²) in [6, 6.07) is 6.71. The fourth-order valence-electron chi connectivity index (χ4n) is 1.26. The predicted octanol–water partition coefficient (Wildman–Crippen LogP) is 0.780. The average molecular weight is 274 g/mol. The van der Waals surface area contributed by atoms with Crippen molar-refractivity contribution in [2.45, 2.75) is 19.0 Å². The molecule has 106 valence electrons. The lowest BCUT2D eigenvalue weighted by Crippen LogP contribution is -2.36. The van der Waals surface area contributed by atoms with Crippen molar-refractivity contribution in [3.63, 3.8) is 0 Å². The molecule has 1 aromatic rings. The van der Waals surface area contributed by atoms with Crippen LogP contribution in [0.4, 0.5) is 14.5 Å². The number of hydrogen-bond acceptors (Lipinski definition) is 4. The zero-order valence-corrected chi connectivity index (χ0v) is 10.2. The van der Waals surface area contributed by atoms with Gasteiger partial charge in [-0.2, -0.15) is 0 Å². The minimum atomic E-state index is -2.87. The summed E-state index contributed by atoms with van der Waals surface area (Å²) in [6.07, 6.45) is -4.72. The third-order valence-electron chi connectivity index (χ3n) is 2.26. The fourth-order valence-corrected chi connectivity index (χ4v) is 1.26. The van der Waals surface area contributed by atoms with Gasteiger partial charge in [0.05, 0.1) is 13.0 Å². The Balaban J connectivity index is 2.20. The van der Waals surface area contributed by atoms with E-state index in [0.29, 0.717) is 11.4 Å². The van der Waals surface area contributed by atoms with E-state index < -0.39 is 25.0 Å². The van der Waals surface area contributed by atoms with E-state index in [1.807, 2.05) is 0 Å². The van der Waals surface area contributed by atoms with Crippen molar-refractivity contribution in [1.29, 1.82) is 0 Å². The van der Waals surface area contributed by atoms with Crippen LogP contribution in [-0.4, -0.2) is 36.7 Å². The molecule has 1 aromatic carbocycles. The largest absolute Gasteiger partial charge is 0.493 e. The second-order valence-electron chi connectivity index (χ2n) is 3.88. The van der Waals surface area contributed by atoms with Gasteiger partial charge in [-0.05, 0) is 12.1 Å². The number of nitrogens with one attached hydrogen (secondary N) is 1. The number of anilines is 1. The van der Waals surface area contributed by atoms with Gasteiger partial charge in [-0.1, -0.05) is 6.07 Å². The number of halogens is 2. The molecule has 1 amide bonds. The van der Waals surface area contributed by atoms with Crippen LogP contribution in [0.2, 0.25) is 0 Å². The van der Waals surface area contributed by atoms with Gasteiger partial charge in [0.25, 0.3) is 6.43 Å². The lowest BCUT2D eigenvalue weighted by atomic mass is 10.3. The molecule has 19 heavy (non-hydrogen) atoms. The van der Waals surface area contributed by atoms with E-state index in [2.05, 4.69) is 5.32 Å². The van der Waals surface area contributed by atoms with Crippen molar-refractivity contribution in [2.75, 3.05) is 18.9 Å². The zero-order chi connectivity index (χ0) is 14.3. The maximum atomic E-state index is 12.0. The van der Waals surface area contributed by atoms with Crippen molar-refractivity contribution in [3.05, 3.63) is 24.3 Å². The number of amides is 1. The predicted molar refractivity (Wildman–Crippen MR) is 66.0 cm³/mol. The third-order valence-corrected chi connectivity index (χ3v) is 2.26. The summed E-state index contributed by atoms with van der Waals surface area (Å²) < 4.78 is 29.2. The first-order valence-corrected chi connectivity index (χ1v) is 5.70. The van der Waals surface area contributed by atoms with E-state index in [9.17, 15) is 13.6 Å². The number of ether oxygens (including phenoxy) is 1. The molecule has 7 heteroatoms. The van der Waals surface area contributed by atoms with Gasteiger partial charge in [0.1, 0.15) is 11.9 Å². The lowest BCUT2D eigenvalue weighted by Gasteiger charge is -2.11. The van der Waals surface area contributed by atoms with Crippen LogP contribution in [0.1, 0.15) is 6.42 Å². The Morgan fingerprint density at radius 3 is 2.84 bits per heavy atom. The maximum absolute atomic E-state index is 12.0. The van der Waals surface area contributed by atoms with Crippen LogP contribution in [0.5, 0.6) is 5.75 Å². The van der Waals surface area contributed by atoms with Gasteiger partial charge in [0, 0.05) is 18.3 Å². The molecular formula is C12H16F2N2O3. The van der Waals surface area contributed by atoms with Gasteiger partial charge < -0.3 is 20.9 Å². The van der Waals surface area contributed by atoms with Gasteiger partial charge in [-0.15, -0.1) is 0 Å². The second kappa shape index (κ2) is 7.52. The van der Waals surface area contributed by atoms with Crippen molar-refractivity contribution < 1.29 is 23.4 Å². The van der Waals surface area contributed by atoms with Crippen LogP contribution < -0.4 is 15.8 Å². The minimum Gasteiger partial charge on any atom is -0.493 e. The van der Waals surface area contributed by atoms with Crippen LogP contribution in [0.25, 0.3) is 0 Å². The third kappa shape index (κ3) is 6.01. The van der Waals surface area contributed by atoms with E-state index in [1.165, 1.54) is 0 Å². The number of rotatable bonds is 7. The molecule has 0 spiro atoms. The number of nitrogens with two attached hydrogens (primary N) is 1. The van der Waals surface area contributed by atoms with Crippen LogP contribution >= 0.6 is 0 Å². The molecule has 1 unspecified atom stereocenters. The number of aliphatic hydroxyl groups is 1. The summed E-state index contributed by atoms with van der Waals surface area (Å²) in [5.74, 6) is 0.0593. The molecule has 5 nitrogen and oxygen atoms in total. The average Bonchev–Trinajstić information content (AvgIpc) is 2.36. The Labute approximate surface area is 109 Å². The SMILES string of the molecule is Nc1cccc(OCCC(=O)NCC(O)C(F)F)c1. The molecule has 0 aliphatic carbocycles. The Kier molecular flexibility index (Phi) is 6.01. The summed E-state index contributed by atoms with van der Waals surface area (Å²) in [7, 11) is 0. The van der Waals surface area contributed by atoms with E-state index in [4.69, 9.17) is 15.6 Å². The fraction of sp³-hybridized carbons (Fsp3) is 0.417. The molecule has 0 aliphatic heterocycles. The zero-order valence-electron chi connectivity index (χ0n) is 10.2. The molecule has 0 bridgehead atoms. The van der Waals surface area contributed by atoms with Crippen molar-refractivity contribution in [1.82, 2.24) is 5.32 Å². The van der Waals surface area contributed by atoms with Crippen LogP contribution in [0.15, 0.2) is 24.3 Å². The first kappa shape index (κ1) is 15.2. The van der Waals surface area contributed by atoms with E-state index >= 15 is 0 Å². The molecule has 0 fully saturated rings. The Morgan fingerprint density at radius 2 is 2.21 bits per heavy atom. The summed E-state index contributed by atoms with van der Waals surface area (Å²) >= 11 is 0. The molecular weight excluding hydrogens is 258 g/mol. The lowest BCUT2D eigenvalue weighted by molar-refractivity contribution is -0.122. The number of alkyl halides is 2. The first-order valence-electron chi connectivity index (χ1n) is 5.70. The smallest absolute Gasteiger partial charge is 0.265 e. The highest BCUT2D eigenvalue weighted by Crippen LogP contribution is 2.14. The number of hydrogen-bond donors (Lipinski definition) is 3. The van der Waals surface area contributed by atoms with Crippen LogP contribution in [-0.2, 0) is 4.79 Å². The van der Waals surface area contributed by atoms with Crippen molar-refractivity contribution >= 4 is 11.6 Å². The van der Waals surface area contributed by atoms with Gasteiger partial charge in [0.15, 0.2) is 0 Å². The Morgan fingerprint density at radius 1 is 1.47 bits per heavy atom.